The van der Waals surface area contributed by atoms with Crippen molar-refractivity contribution in [2.45, 2.75) is 12.5 Å². The topological polar surface area (TPSA) is 104 Å². The molecule has 0 rings (SSSR count). The van der Waals surface area contributed by atoms with Gasteiger partial charge in [-0.3, -0.25) is 0 Å². The zero-order valence-corrected chi connectivity index (χ0v) is 4.85. The second kappa shape index (κ2) is 3.80. The van der Waals surface area contributed by atoms with Gasteiger partial charge in [0.1, 0.15) is 0 Å². The molecule has 6 nitrogen and oxygen atoms in total. The van der Waals surface area contributed by atoms with Crippen LogP contribution in [0.15, 0.2) is 0 Å². The number of carbonyl (C=O) groups excluding carboxylic acids is 1. The molecule has 0 bridgehead atoms. The van der Waals surface area contributed by atoms with Gasteiger partial charge in [-0.2, -0.15) is 5.26 Å². The minimum Gasteiger partial charge on any atom is -0.479 e. The van der Waals surface area contributed by atoms with Crippen molar-refractivity contribution in [3.05, 3.63) is 0 Å². The zero-order valence-electron chi connectivity index (χ0n) is 4.85. The molecule has 0 heterocycles. The van der Waals surface area contributed by atoms with E-state index in [4.69, 9.17) is 15.5 Å². The molecule has 0 saturated heterocycles. The molecule has 0 aromatic carbocycles. The summed E-state index contributed by atoms with van der Waals surface area (Å²) in [6.45, 7) is 0. The second-order valence-electron chi connectivity index (χ2n) is 1.52. The van der Waals surface area contributed by atoms with E-state index in [0.29, 0.717) is 0 Å². The summed E-state index contributed by atoms with van der Waals surface area (Å²) in [5, 5.41) is 24.0. The Morgan fingerprint density at radius 1 is 1.50 bits per heavy atom. The first-order chi connectivity index (χ1) is 4.57. The van der Waals surface area contributed by atoms with Crippen LogP contribution in [-0.2, 0) is 14.5 Å². The number of aliphatic hydroxyl groups excluding tert-OH is 1. The van der Waals surface area contributed by atoms with Crippen LogP contribution in [0.5, 0.6) is 0 Å². The molecule has 10 heavy (non-hydrogen) atoms. The number of carboxylic acids is 1. The van der Waals surface area contributed by atoms with Gasteiger partial charge in [0.25, 0.3) is 0 Å². The van der Waals surface area contributed by atoms with Gasteiger partial charge in [0.2, 0.25) is 0 Å². The summed E-state index contributed by atoms with van der Waals surface area (Å²) in [6, 6.07) is 0. The largest absolute Gasteiger partial charge is 0.479 e. The number of aliphatic hydroxyl groups is 1. The summed E-state index contributed by atoms with van der Waals surface area (Å²) in [5.41, 5.74) is 0. The molecule has 6 heteroatoms. The summed E-state index contributed by atoms with van der Waals surface area (Å²) in [7, 11) is 0. The van der Waals surface area contributed by atoms with Crippen molar-refractivity contribution < 1.29 is 29.9 Å². The molecule has 0 aromatic heterocycles. The number of hydrogen-bond acceptors (Lipinski definition) is 5. The molecule has 0 aliphatic carbocycles. The van der Waals surface area contributed by atoms with E-state index in [1.165, 1.54) is 0 Å². The fraction of sp³-hybridized carbons (Fsp3) is 0.500. The van der Waals surface area contributed by atoms with Crippen molar-refractivity contribution in [3.63, 3.8) is 0 Å². The molecule has 0 spiro atoms. The monoisotopic (exact) mass is 150 g/mol. The van der Waals surface area contributed by atoms with Crippen LogP contribution in [0, 0.1) is 0 Å². The van der Waals surface area contributed by atoms with E-state index in [2.05, 4.69) is 4.89 Å². The van der Waals surface area contributed by atoms with Crippen LogP contribution in [0.3, 0.4) is 0 Å². The Morgan fingerprint density at radius 2 is 2.00 bits per heavy atom. The van der Waals surface area contributed by atoms with E-state index in [1.54, 1.807) is 0 Å². The highest BCUT2D eigenvalue weighted by Crippen LogP contribution is 1.92. The van der Waals surface area contributed by atoms with Crippen LogP contribution in [0.25, 0.3) is 0 Å². The van der Waals surface area contributed by atoms with Crippen LogP contribution >= 0.6 is 0 Å². The van der Waals surface area contributed by atoms with Crippen LogP contribution < -0.4 is 0 Å². The molecule has 0 fully saturated rings. The van der Waals surface area contributed by atoms with Crippen molar-refractivity contribution in [2.75, 3.05) is 0 Å². The van der Waals surface area contributed by atoms with E-state index >= 15 is 0 Å². The smallest absolute Gasteiger partial charge is 0.345 e. The van der Waals surface area contributed by atoms with E-state index in [1.807, 2.05) is 0 Å². The standard InChI is InChI=1S/C4H6O6/c5-2(4(7)8)1-3(6)10-9/h2,5,9H,1H2,(H,7,8). The first-order valence-corrected chi connectivity index (χ1v) is 2.33. The summed E-state index contributed by atoms with van der Waals surface area (Å²) in [6.07, 6.45) is -2.58. The highest BCUT2D eigenvalue weighted by Gasteiger charge is 2.18. The lowest BCUT2D eigenvalue weighted by Gasteiger charge is -1.99. The van der Waals surface area contributed by atoms with Crippen LogP contribution in [0.4, 0.5) is 0 Å². The van der Waals surface area contributed by atoms with Gasteiger partial charge >= 0.3 is 11.9 Å². The van der Waals surface area contributed by atoms with Crippen molar-refractivity contribution in [1.29, 1.82) is 0 Å². The zero-order chi connectivity index (χ0) is 8.15. The van der Waals surface area contributed by atoms with Crippen molar-refractivity contribution in [1.82, 2.24) is 0 Å². The lowest BCUT2D eigenvalue weighted by molar-refractivity contribution is -0.236. The highest BCUT2D eigenvalue weighted by atomic mass is 17.1. The first-order valence-electron chi connectivity index (χ1n) is 2.33. The lowest BCUT2D eigenvalue weighted by atomic mass is 10.3. The SMILES string of the molecule is O=C(CC(O)C(=O)O)OO. The normalized spacial score (nSPS) is 12.2. The van der Waals surface area contributed by atoms with Crippen LogP contribution in [0.2, 0.25) is 0 Å². The Bertz CT molecular complexity index is 141. The maximum Gasteiger partial charge on any atom is 0.345 e. The maximum atomic E-state index is 10.0. The average molecular weight is 150 g/mol. The molecule has 0 aliphatic rings. The van der Waals surface area contributed by atoms with Crippen molar-refractivity contribution in [3.8, 4) is 0 Å². The van der Waals surface area contributed by atoms with Gasteiger partial charge < -0.3 is 15.1 Å². The van der Waals surface area contributed by atoms with E-state index in [0.717, 1.165) is 0 Å². The highest BCUT2D eigenvalue weighted by molar-refractivity contribution is 5.79. The van der Waals surface area contributed by atoms with E-state index in [9.17, 15) is 9.59 Å². The van der Waals surface area contributed by atoms with Gasteiger partial charge in [0.05, 0.1) is 6.42 Å². The Labute approximate surface area is 55.6 Å². The summed E-state index contributed by atoms with van der Waals surface area (Å²) < 4.78 is 0. The molecule has 0 aliphatic heterocycles. The number of rotatable bonds is 3. The quantitative estimate of drug-likeness (QED) is 0.346. The molecule has 0 saturated carbocycles. The van der Waals surface area contributed by atoms with Crippen molar-refractivity contribution >= 4 is 11.9 Å². The third-order valence-electron chi connectivity index (χ3n) is 0.747. The minimum absolute atomic E-state index is 0.758. The molecule has 0 aromatic rings. The lowest BCUT2D eigenvalue weighted by Crippen LogP contribution is -2.23. The number of aliphatic carboxylic acids is 1. The number of hydrogen-bond donors (Lipinski definition) is 3. The Balaban J connectivity index is 3.68. The molecule has 1 unspecified atom stereocenters. The van der Waals surface area contributed by atoms with E-state index in [-0.39, 0.29) is 0 Å². The maximum absolute atomic E-state index is 10.0. The van der Waals surface area contributed by atoms with Gasteiger partial charge in [-0.15, -0.1) is 0 Å². The van der Waals surface area contributed by atoms with Crippen molar-refractivity contribution in [2.24, 2.45) is 0 Å². The fourth-order valence-electron chi connectivity index (χ4n) is 0.282. The molecular weight excluding hydrogens is 144 g/mol. The Morgan fingerprint density at radius 3 is 2.30 bits per heavy atom. The van der Waals surface area contributed by atoms with Gasteiger partial charge in [-0.1, -0.05) is 0 Å². The van der Waals surface area contributed by atoms with Gasteiger partial charge in [0.15, 0.2) is 6.10 Å². The average Bonchev–Trinajstić information content (AvgIpc) is 1.87. The van der Waals surface area contributed by atoms with E-state index < -0.39 is 24.5 Å². The Kier molecular flexibility index (Phi) is 3.37. The second-order valence-corrected chi connectivity index (χ2v) is 1.52. The molecule has 0 amide bonds. The molecule has 3 N–H and O–H groups in total. The predicted molar refractivity (Wildman–Crippen MR) is 27.0 cm³/mol. The minimum atomic E-state index is -1.82. The molecule has 58 valence electrons. The first kappa shape index (κ1) is 8.86. The third-order valence-corrected chi connectivity index (χ3v) is 0.747. The van der Waals surface area contributed by atoms with Crippen LogP contribution in [0.1, 0.15) is 6.42 Å². The summed E-state index contributed by atoms with van der Waals surface area (Å²) in [4.78, 5) is 23.0. The van der Waals surface area contributed by atoms with Gasteiger partial charge in [-0.25, -0.2) is 9.59 Å². The Hall–Kier alpha value is -1.14. The number of carboxylic acid groups (broad SMARTS) is 1. The van der Waals surface area contributed by atoms with Gasteiger partial charge in [0, 0.05) is 0 Å². The summed E-state index contributed by atoms with van der Waals surface area (Å²) in [5.74, 6) is -2.72. The number of carbonyl (C=O) groups is 2. The molecule has 0 radical (unpaired) electrons. The van der Waals surface area contributed by atoms with Gasteiger partial charge in [-0.05, 0) is 0 Å². The van der Waals surface area contributed by atoms with Crippen LogP contribution in [-0.4, -0.2) is 33.5 Å². The third kappa shape index (κ3) is 3.00. The molecule has 1 atom stereocenters. The predicted octanol–water partition coefficient (Wildman–Crippen LogP) is -1.16. The summed E-state index contributed by atoms with van der Waals surface area (Å²) >= 11 is 0. The fourth-order valence-corrected chi connectivity index (χ4v) is 0.282. The molecular formula is C4H6O6.